The van der Waals surface area contributed by atoms with Gasteiger partial charge in [0.2, 0.25) is 0 Å². The molecule has 206 valence electrons. The lowest BCUT2D eigenvalue weighted by Crippen LogP contribution is -2.41. The lowest BCUT2D eigenvalue weighted by atomic mass is 10.1. The molecule has 1 aliphatic heterocycles. The Hall–Kier alpha value is -4.44. The molecule has 0 unspecified atom stereocenters. The minimum Gasteiger partial charge on any atom is -0.493 e. The van der Waals surface area contributed by atoms with E-state index in [1.54, 1.807) is 73.7 Å². The highest BCUT2D eigenvalue weighted by atomic mass is 16.5. The van der Waals surface area contributed by atoms with E-state index in [2.05, 4.69) is 0 Å². The number of amides is 2. The highest BCUT2D eigenvalue weighted by molar-refractivity contribution is 6.06. The van der Waals surface area contributed by atoms with Gasteiger partial charge >= 0.3 is 6.09 Å². The number of likely N-dealkylation sites (tertiary alicyclic amines) is 1. The molecule has 0 bridgehead atoms. The Bertz CT molecular complexity index is 1260. The van der Waals surface area contributed by atoms with Gasteiger partial charge in [0, 0.05) is 62.6 Å². The van der Waals surface area contributed by atoms with E-state index < -0.39 is 6.09 Å². The molecule has 2 amide bonds. The van der Waals surface area contributed by atoms with Crippen LogP contribution in [0, 0.1) is 0 Å². The number of nitrogens with two attached hydrogens (primary N) is 1. The van der Waals surface area contributed by atoms with Crippen LogP contribution in [0.15, 0.2) is 66.7 Å². The minimum absolute atomic E-state index is 0.0608. The first-order valence-corrected chi connectivity index (χ1v) is 12.6. The van der Waals surface area contributed by atoms with E-state index in [4.69, 9.17) is 29.8 Å². The average molecular weight is 536 g/mol. The molecule has 0 atom stereocenters. The average Bonchev–Trinajstić information content (AvgIpc) is 2.95. The molecule has 1 fully saturated rings. The Morgan fingerprint density at radius 1 is 0.949 bits per heavy atom. The smallest absolute Gasteiger partial charge is 0.407 e. The quantitative estimate of drug-likeness (QED) is 0.352. The van der Waals surface area contributed by atoms with Crippen molar-refractivity contribution in [1.82, 2.24) is 4.90 Å². The van der Waals surface area contributed by atoms with Crippen LogP contribution in [0.5, 0.6) is 23.0 Å². The summed E-state index contributed by atoms with van der Waals surface area (Å²) in [5.41, 5.74) is 7.59. The second kappa shape index (κ2) is 12.9. The first kappa shape index (κ1) is 27.6. The van der Waals surface area contributed by atoms with E-state index in [0.29, 0.717) is 79.0 Å². The van der Waals surface area contributed by atoms with Gasteiger partial charge in [-0.1, -0.05) is 0 Å². The predicted molar refractivity (Wildman–Crippen MR) is 147 cm³/mol. The van der Waals surface area contributed by atoms with Crippen LogP contribution in [0.2, 0.25) is 0 Å². The molecule has 3 aromatic rings. The van der Waals surface area contributed by atoms with Gasteiger partial charge in [0.1, 0.15) is 17.6 Å². The fourth-order valence-electron chi connectivity index (χ4n) is 4.31. The maximum atomic E-state index is 13.5. The number of ether oxygens (including phenoxy) is 4. The van der Waals surface area contributed by atoms with Gasteiger partial charge in [-0.05, 0) is 60.7 Å². The summed E-state index contributed by atoms with van der Waals surface area (Å²) in [5.74, 6) is 2.10. The summed E-state index contributed by atoms with van der Waals surface area (Å²) in [7, 11) is 3.14. The van der Waals surface area contributed by atoms with Crippen LogP contribution < -0.4 is 24.8 Å². The monoisotopic (exact) mass is 535 g/mol. The summed E-state index contributed by atoms with van der Waals surface area (Å²) in [5, 5.41) is 9.11. The van der Waals surface area contributed by atoms with Crippen LogP contribution >= 0.6 is 0 Å². The van der Waals surface area contributed by atoms with E-state index in [-0.39, 0.29) is 12.0 Å². The minimum atomic E-state index is -0.904. The standard InChI is InChI=1S/C29H33N3O7/c1-36-18-17-32(22-6-10-24(11-7-22)39-26-12-5-21(30)19-27(26)37-2)28(33)20-3-8-23(9-4-20)38-25-13-15-31(16-14-25)29(34)35/h3-12,19,25H,13-18,30H2,1-2H3,(H,34,35). The zero-order valence-electron chi connectivity index (χ0n) is 22.0. The van der Waals surface area contributed by atoms with Crippen LogP contribution in [-0.2, 0) is 4.74 Å². The Morgan fingerprint density at radius 2 is 1.62 bits per heavy atom. The van der Waals surface area contributed by atoms with Crippen LogP contribution in [0.4, 0.5) is 16.2 Å². The zero-order valence-corrected chi connectivity index (χ0v) is 22.0. The van der Waals surface area contributed by atoms with Crippen molar-refractivity contribution in [3.63, 3.8) is 0 Å². The molecule has 3 aromatic carbocycles. The Morgan fingerprint density at radius 3 is 2.23 bits per heavy atom. The second-order valence-electron chi connectivity index (χ2n) is 9.07. The molecular formula is C29H33N3O7. The number of benzene rings is 3. The van der Waals surface area contributed by atoms with Crippen molar-refractivity contribution in [3.05, 3.63) is 72.3 Å². The third-order valence-corrected chi connectivity index (χ3v) is 6.44. The molecular weight excluding hydrogens is 502 g/mol. The van der Waals surface area contributed by atoms with Crippen LogP contribution in [0.3, 0.4) is 0 Å². The number of carbonyl (C=O) groups excluding carboxylic acids is 1. The molecule has 3 N–H and O–H groups in total. The summed E-state index contributed by atoms with van der Waals surface area (Å²) in [4.78, 5) is 27.6. The van der Waals surface area contributed by atoms with E-state index in [1.165, 1.54) is 4.90 Å². The molecule has 1 heterocycles. The second-order valence-corrected chi connectivity index (χ2v) is 9.07. The fourth-order valence-corrected chi connectivity index (χ4v) is 4.31. The third-order valence-electron chi connectivity index (χ3n) is 6.44. The first-order chi connectivity index (χ1) is 18.9. The predicted octanol–water partition coefficient (Wildman–Crippen LogP) is 4.88. The van der Waals surface area contributed by atoms with Gasteiger partial charge < -0.3 is 39.6 Å². The van der Waals surface area contributed by atoms with Crippen LogP contribution in [0.1, 0.15) is 23.2 Å². The molecule has 4 rings (SSSR count). The number of hydrogen-bond acceptors (Lipinski definition) is 7. The zero-order chi connectivity index (χ0) is 27.8. The fraction of sp³-hybridized carbons (Fsp3) is 0.310. The Balaban J connectivity index is 1.43. The number of piperidine rings is 1. The number of nitrogens with zero attached hydrogens (tertiary/aromatic N) is 2. The molecule has 0 spiro atoms. The number of carbonyl (C=O) groups is 2. The number of nitrogen functional groups attached to an aromatic ring is 1. The summed E-state index contributed by atoms with van der Waals surface area (Å²) in [6.45, 7) is 1.62. The number of carboxylic acid groups (broad SMARTS) is 1. The van der Waals surface area contributed by atoms with Gasteiger partial charge in [0.05, 0.1) is 13.7 Å². The highest BCUT2D eigenvalue weighted by Gasteiger charge is 2.24. The maximum absolute atomic E-state index is 13.5. The number of hydrogen-bond donors (Lipinski definition) is 2. The van der Waals surface area contributed by atoms with E-state index in [9.17, 15) is 9.59 Å². The number of methoxy groups -OCH3 is 2. The summed E-state index contributed by atoms with van der Waals surface area (Å²) >= 11 is 0. The van der Waals surface area contributed by atoms with E-state index in [0.717, 1.165) is 0 Å². The van der Waals surface area contributed by atoms with Gasteiger partial charge in [0.15, 0.2) is 11.5 Å². The van der Waals surface area contributed by atoms with Crippen molar-refractivity contribution in [2.24, 2.45) is 0 Å². The maximum Gasteiger partial charge on any atom is 0.407 e. The molecule has 0 aliphatic carbocycles. The highest BCUT2D eigenvalue weighted by Crippen LogP contribution is 2.34. The van der Waals surface area contributed by atoms with Gasteiger partial charge in [-0.25, -0.2) is 4.79 Å². The van der Waals surface area contributed by atoms with Crippen molar-refractivity contribution < 1.29 is 33.6 Å². The lowest BCUT2D eigenvalue weighted by molar-refractivity contribution is 0.0895. The molecule has 0 radical (unpaired) electrons. The number of rotatable bonds is 10. The Kier molecular flexibility index (Phi) is 9.11. The van der Waals surface area contributed by atoms with Gasteiger partial charge in [-0.2, -0.15) is 0 Å². The van der Waals surface area contributed by atoms with Gasteiger partial charge in [0.25, 0.3) is 5.91 Å². The summed E-state index contributed by atoms with van der Waals surface area (Å²) < 4.78 is 22.6. The van der Waals surface area contributed by atoms with Crippen molar-refractivity contribution in [3.8, 4) is 23.0 Å². The van der Waals surface area contributed by atoms with Gasteiger partial charge in [-0.15, -0.1) is 0 Å². The normalized spacial score (nSPS) is 13.5. The molecule has 39 heavy (non-hydrogen) atoms. The van der Waals surface area contributed by atoms with Crippen LogP contribution in [-0.4, -0.2) is 68.6 Å². The molecule has 0 aromatic heterocycles. The SMILES string of the molecule is COCCN(C(=O)c1ccc(OC2CCN(C(=O)O)CC2)cc1)c1ccc(Oc2ccc(N)cc2OC)cc1. The van der Waals surface area contributed by atoms with E-state index >= 15 is 0 Å². The molecule has 10 heteroatoms. The lowest BCUT2D eigenvalue weighted by Gasteiger charge is -2.30. The largest absolute Gasteiger partial charge is 0.493 e. The summed E-state index contributed by atoms with van der Waals surface area (Å²) in [6, 6.07) is 19.3. The van der Waals surface area contributed by atoms with Crippen molar-refractivity contribution in [1.29, 1.82) is 0 Å². The Labute approximate surface area is 227 Å². The molecule has 1 saturated heterocycles. The molecule has 1 aliphatic rings. The van der Waals surface area contributed by atoms with Crippen molar-refractivity contribution >= 4 is 23.4 Å². The molecule has 10 nitrogen and oxygen atoms in total. The first-order valence-electron chi connectivity index (χ1n) is 12.6. The topological polar surface area (TPSA) is 124 Å². The third kappa shape index (κ3) is 7.11. The van der Waals surface area contributed by atoms with Crippen LogP contribution in [0.25, 0.3) is 0 Å². The summed E-state index contributed by atoms with van der Waals surface area (Å²) in [6.07, 6.45) is 0.290. The van der Waals surface area contributed by atoms with Crippen molar-refractivity contribution in [2.45, 2.75) is 18.9 Å². The van der Waals surface area contributed by atoms with Gasteiger partial charge in [-0.3, -0.25) is 4.79 Å². The van der Waals surface area contributed by atoms with Crippen molar-refractivity contribution in [2.75, 3.05) is 51.1 Å². The van der Waals surface area contributed by atoms with E-state index in [1.807, 2.05) is 12.1 Å². The molecule has 0 saturated carbocycles. The number of anilines is 2.